The van der Waals surface area contributed by atoms with Crippen molar-refractivity contribution in [2.45, 2.75) is 62.9 Å². The third-order valence-corrected chi connectivity index (χ3v) is 8.75. The van der Waals surface area contributed by atoms with E-state index < -0.39 is 5.97 Å². The Morgan fingerprint density at radius 3 is 2.37 bits per heavy atom. The van der Waals surface area contributed by atoms with Crippen molar-refractivity contribution in [3.63, 3.8) is 0 Å². The van der Waals surface area contributed by atoms with Crippen LogP contribution < -0.4 is 4.90 Å². The maximum Gasteiger partial charge on any atom is 0.356 e. The number of aromatic nitrogens is 3. The van der Waals surface area contributed by atoms with Gasteiger partial charge >= 0.3 is 5.97 Å². The molecule has 0 bridgehead atoms. The number of piperidine rings is 1. The molecule has 8 nitrogen and oxygen atoms in total. The van der Waals surface area contributed by atoms with Crippen LogP contribution >= 0.6 is 0 Å². The van der Waals surface area contributed by atoms with Gasteiger partial charge in [-0.1, -0.05) is 6.42 Å². The predicted octanol–water partition coefficient (Wildman–Crippen LogP) is 4.69. The Balaban J connectivity index is 1.38. The molecule has 3 aliphatic rings. The summed E-state index contributed by atoms with van der Waals surface area (Å²) in [5, 5.41) is 6.03. The summed E-state index contributed by atoms with van der Waals surface area (Å²) >= 11 is 0. The zero-order valence-corrected chi connectivity index (χ0v) is 22.2. The quantitative estimate of drug-likeness (QED) is 0.436. The fourth-order valence-corrected chi connectivity index (χ4v) is 6.22. The van der Waals surface area contributed by atoms with Crippen molar-refractivity contribution in [1.29, 1.82) is 0 Å². The summed E-state index contributed by atoms with van der Waals surface area (Å²) in [6.07, 6.45) is 7.65. The lowest BCUT2D eigenvalue weighted by molar-refractivity contribution is 0.0244. The molecule has 9 heteroatoms. The van der Waals surface area contributed by atoms with Gasteiger partial charge in [-0.3, -0.25) is 0 Å². The van der Waals surface area contributed by atoms with Gasteiger partial charge in [0.1, 0.15) is 5.82 Å². The monoisotopic (exact) mass is 521 g/mol. The number of halogens is 1. The second-order valence-electron chi connectivity index (χ2n) is 10.8. The number of hydrogen-bond acceptors (Lipinski definition) is 7. The minimum absolute atomic E-state index is 0.264. The van der Waals surface area contributed by atoms with E-state index in [1.165, 1.54) is 25.7 Å². The summed E-state index contributed by atoms with van der Waals surface area (Å²) in [6, 6.07) is 9.26. The van der Waals surface area contributed by atoms with E-state index >= 15 is 0 Å². The molecule has 0 amide bonds. The van der Waals surface area contributed by atoms with Crippen molar-refractivity contribution in [2.75, 3.05) is 45.4 Å². The molecular weight excluding hydrogens is 485 g/mol. The van der Waals surface area contributed by atoms with Crippen LogP contribution in [0.25, 0.3) is 16.7 Å². The van der Waals surface area contributed by atoms with E-state index in [0.717, 1.165) is 87.3 Å². The van der Waals surface area contributed by atoms with Crippen LogP contribution in [0, 0.1) is 5.82 Å². The lowest BCUT2D eigenvalue weighted by Gasteiger charge is -2.42. The molecule has 1 aliphatic carbocycles. The minimum atomic E-state index is -0.473. The third kappa shape index (κ3) is 4.66. The Labute approximate surface area is 222 Å². The van der Waals surface area contributed by atoms with Crippen LogP contribution in [0.3, 0.4) is 0 Å². The molecule has 3 fully saturated rings. The number of fused-ring (bicyclic) bond motifs is 1. The Kier molecular flexibility index (Phi) is 7.05. The lowest BCUT2D eigenvalue weighted by atomic mass is 9.82. The van der Waals surface area contributed by atoms with Crippen LogP contribution in [0.4, 0.5) is 10.1 Å². The summed E-state index contributed by atoms with van der Waals surface area (Å²) in [6.45, 7) is 3.48. The van der Waals surface area contributed by atoms with Crippen LogP contribution in [0.5, 0.6) is 0 Å². The summed E-state index contributed by atoms with van der Waals surface area (Å²) in [5.74, 6) is -0.415. The second kappa shape index (κ2) is 10.6. The Bertz CT molecular complexity index is 1290. The first-order chi connectivity index (χ1) is 18.5. The lowest BCUT2D eigenvalue weighted by Crippen LogP contribution is -2.48. The summed E-state index contributed by atoms with van der Waals surface area (Å²) in [7, 11) is 3.64. The summed E-state index contributed by atoms with van der Waals surface area (Å²) in [5.41, 5.74) is 3.63. The molecule has 1 aromatic carbocycles. The second-order valence-corrected chi connectivity index (χ2v) is 10.8. The average molecular weight is 522 g/mol. The van der Waals surface area contributed by atoms with E-state index in [9.17, 15) is 9.18 Å². The Morgan fingerprint density at radius 2 is 1.74 bits per heavy atom. The summed E-state index contributed by atoms with van der Waals surface area (Å²) in [4.78, 5) is 22.4. The standard InChI is InChI=1S/C29H36FN5O3/c1-33(22-12-16-38-17-13-22)21-10-14-34(15-11-21)25-18-24(29(36)37-2)31-28-26(25)27(19-4-3-5-19)32-35(28)23-8-6-20(30)7-9-23/h6-9,18-19,21-22H,3-5,10-17H2,1-2H3. The van der Waals surface area contributed by atoms with E-state index in [2.05, 4.69) is 16.8 Å². The zero-order valence-electron chi connectivity index (χ0n) is 22.2. The highest BCUT2D eigenvalue weighted by Crippen LogP contribution is 2.43. The third-order valence-electron chi connectivity index (χ3n) is 8.75. The fraction of sp³-hybridized carbons (Fsp3) is 0.552. The number of rotatable bonds is 6. The van der Waals surface area contributed by atoms with Crippen LogP contribution in [0.15, 0.2) is 30.3 Å². The molecule has 0 N–H and O–H groups in total. The molecule has 0 unspecified atom stereocenters. The molecule has 0 spiro atoms. The highest BCUT2D eigenvalue weighted by molar-refractivity contribution is 5.99. The van der Waals surface area contributed by atoms with E-state index in [0.29, 0.717) is 23.6 Å². The van der Waals surface area contributed by atoms with Crippen molar-refractivity contribution in [3.05, 3.63) is 47.5 Å². The molecule has 4 heterocycles. The van der Waals surface area contributed by atoms with Crippen LogP contribution in [0.1, 0.15) is 67.0 Å². The molecule has 2 saturated heterocycles. The number of ether oxygens (including phenoxy) is 2. The van der Waals surface area contributed by atoms with E-state index in [4.69, 9.17) is 19.6 Å². The van der Waals surface area contributed by atoms with Gasteiger partial charge in [0.25, 0.3) is 0 Å². The smallest absolute Gasteiger partial charge is 0.356 e. The van der Waals surface area contributed by atoms with Crippen molar-refractivity contribution in [3.8, 4) is 5.69 Å². The largest absolute Gasteiger partial charge is 0.464 e. The number of methoxy groups -OCH3 is 1. The highest BCUT2D eigenvalue weighted by atomic mass is 19.1. The number of pyridine rings is 1. The molecular formula is C29H36FN5O3. The number of anilines is 1. The van der Waals surface area contributed by atoms with Crippen LogP contribution in [-0.4, -0.2) is 78.2 Å². The minimum Gasteiger partial charge on any atom is -0.464 e. The van der Waals surface area contributed by atoms with Crippen molar-refractivity contribution in [2.24, 2.45) is 0 Å². The molecule has 0 radical (unpaired) electrons. The van der Waals surface area contributed by atoms with E-state index in [1.807, 2.05) is 6.07 Å². The summed E-state index contributed by atoms with van der Waals surface area (Å²) < 4.78 is 26.1. The van der Waals surface area contributed by atoms with Crippen molar-refractivity contribution >= 4 is 22.7 Å². The predicted molar refractivity (Wildman–Crippen MR) is 144 cm³/mol. The van der Waals surface area contributed by atoms with Gasteiger partial charge in [-0.05, 0) is 75.9 Å². The average Bonchev–Trinajstić information content (AvgIpc) is 3.30. The molecule has 2 aromatic heterocycles. The van der Waals surface area contributed by atoms with Crippen molar-refractivity contribution in [1.82, 2.24) is 19.7 Å². The number of carbonyl (C=O) groups is 1. The number of carbonyl (C=O) groups excluding carboxylic acids is 1. The normalized spacial score (nSPS) is 19.7. The van der Waals surface area contributed by atoms with Gasteiger partial charge in [0.2, 0.25) is 0 Å². The van der Waals surface area contributed by atoms with Crippen LogP contribution in [-0.2, 0) is 9.47 Å². The maximum absolute atomic E-state index is 13.7. The zero-order chi connectivity index (χ0) is 26.2. The molecule has 3 aromatic rings. The Morgan fingerprint density at radius 1 is 1.05 bits per heavy atom. The number of hydrogen-bond donors (Lipinski definition) is 0. The maximum atomic E-state index is 13.7. The Hall–Kier alpha value is -3.04. The van der Waals surface area contributed by atoms with Gasteiger partial charge in [-0.15, -0.1) is 0 Å². The first-order valence-corrected chi connectivity index (χ1v) is 13.9. The molecule has 2 aliphatic heterocycles. The first kappa shape index (κ1) is 25.2. The topological polar surface area (TPSA) is 72.7 Å². The number of esters is 1. The highest BCUT2D eigenvalue weighted by Gasteiger charge is 2.33. The van der Waals surface area contributed by atoms with E-state index in [-0.39, 0.29) is 11.5 Å². The number of nitrogens with zero attached hydrogens (tertiary/aromatic N) is 5. The molecule has 202 valence electrons. The SMILES string of the molecule is COC(=O)c1cc(N2CCC(N(C)C3CCOCC3)CC2)c2c(C3CCC3)nn(-c3ccc(F)cc3)c2n1. The van der Waals surface area contributed by atoms with Gasteiger partial charge < -0.3 is 19.3 Å². The van der Waals surface area contributed by atoms with Crippen LogP contribution in [0.2, 0.25) is 0 Å². The van der Waals surface area contributed by atoms with E-state index in [1.54, 1.807) is 16.8 Å². The fourth-order valence-electron chi connectivity index (χ4n) is 6.22. The van der Waals surface area contributed by atoms with Gasteiger partial charge in [0.15, 0.2) is 11.3 Å². The van der Waals surface area contributed by atoms with Gasteiger partial charge in [0, 0.05) is 44.3 Å². The molecule has 1 saturated carbocycles. The number of benzene rings is 1. The molecule has 6 rings (SSSR count). The van der Waals surface area contributed by atoms with Crippen molar-refractivity contribution < 1.29 is 18.7 Å². The van der Waals surface area contributed by atoms with Gasteiger partial charge in [-0.2, -0.15) is 5.10 Å². The van der Waals surface area contributed by atoms with Gasteiger partial charge in [-0.25, -0.2) is 18.9 Å². The molecule has 38 heavy (non-hydrogen) atoms. The van der Waals surface area contributed by atoms with Gasteiger partial charge in [0.05, 0.1) is 29.6 Å². The molecule has 0 atom stereocenters. The first-order valence-electron chi connectivity index (χ1n) is 13.9.